The SMILES string of the molecule is O=C(N[C@@H](CO)C(=O)[O-])c1cc([C@@H]2O[C@H](CO)[C@@H](O)[C@H](O)[C@H]2O)cc(O)c1O.[Fe]. The third-order valence-electron chi connectivity index (χ3n) is 4.35. The molecule has 0 saturated carbocycles. The van der Waals surface area contributed by atoms with Crippen molar-refractivity contribution in [2.45, 2.75) is 36.6 Å². The van der Waals surface area contributed by atoms with Crippen LogP contribution in [0, 0.1) is 0 Å². The van der Waals surface area contributed by atoms with E-state index in [9.17, 15) is 45.3 Å². The largest absolute Gasteiger partial charge is 0.548 e. The first-order chi connectivity index (χ1) is 13.1. The van der Waals surface area contributed by atoms with E-state index >= 15 is 0 Å². The fourth-order valence-electron chi connectivity index (χ4n) is 2.77. The third-order valence-corrected chi connectivity index (χ3v) is 4.35. The van der Waals surface area contributed by atoms with Crippen LogP contribution >= 0.6 is 0 Å². The number of rotatable bonds is 6. The summed E-state index contributed by atoms with van der Waals surface area (Å²) in [5, 5.41) is 80.5. The predicted molar refractivity (Wildman–Crippen MR) is 85.8 cm³/mol. The van der Waals surface area contributed by atoms with Crippen molar-refractivity contribution < 1.29 is 72.2 Å². The van der Waals surface area contributed by atoms with Gasteiger partial charge in [0.15, 0.2) is 11.5 Å². The van der Waals surface area contributed by atoms with Gasteiger partial charge in [0.05, 0.1) is 30.8 Å². The van der Waals surface area contributed by atoms with Crippen molar-refractivity contribution >= 4 is 11.9 Å². The number of benzene rings is 1. The number of hydrogen-bond donors (Lipinski definition) is 8. The summed E-state index contributed by atoms with van der Waals surface area (Å²) in [6, 6.07) is 0.0760. The predicted octanol–water partition coefficient (Wildman–Crippen LogP) is -4.55. The number of amides is 1. The quantitative estimate of drug-likeness (QED) is 0.150. The van der Waals surface area contributed by atoms with Gasteiger partial charge < -0.3 is 55.7 Å². The van der Waals surface area contributed by atoms with Gasteiger partial charge in [-0.15, -0.1) is 0 Å². The van der Waals surface area contributed by atoms with Crippen LogP contribution in [-0.2, 0) is 26.6 Å². The average molecular weight is 458 g/mol. The topological polar surface area (TPSA) is 220 Å². The number of aliphatic hydroxyl groups is 5. The Bertz CT molecular complexity index is 744. The number of nitrogens with one attached hydrogen (secondary N) is 1. The molecule has 1 saturated heterocycles. The van der Waals surface area contributed by atoms with Crippen molar-refractivity contribution in [2.75, 3.05) is 13.2 Å². The molecule has 29 heavy (non-hydrogen) atoms. The molecule has 1 amide bonds. The van der Waals surface area contributed by atoms with Crippen LogP contribution in [0.4, 0.5) is 0 Å². The fourth-order valence-corrected chi connectivity index (χ4v) is 2.77. The molecule has 1 aliphatic rings. The van der Waals surface area contributed by atoms with Crippen molar-refractivity contribution in [2.24, 2.45) is 0 Å². The second-order valence-corrected chi connectivity index (χ2v) is 6.21. The Hall–Kier alpha value is -1.96. The molecular weight excluding hydrogens is 438 g/mol. The number of carbonyl (C=O) groups is 2. The van der Waals surface area contributed by atoms with E-state index < -0.39 is 78.7 Å². The number of carboxylic acids is 1. The van der Waals surface area contributed by atoms with Gasteiger partial charge in [-0.2, -0.15) is 0 Å². The van der Waals surface area contributed by atoms with Crippen LogP contribution in [0.5, 0.6) is 11.5 Å². The Labute approximate surface area is 174 Å². The van der Waals surface area contributed by atoms with Gasteiger partial charge in [-0.05, 0) is 17.7 Å². The van der Waals surface area contributed by atoms with E-state index in [1.54, 1.807) is 0 Å². The number of aliphatic hydroxyl groups excluding tert-OH is 5. The van der Waals surface area contributed by atoms with E-state index in [0.717, 1.165) is 12.1 Å². The summed E-state index contributed by atoms with van der Waals surface area (Å²) in [7, 11) is 0. The molecule has 8 N–H and O–H groups in total. The number of phenols is 2. The van der Waals surface area contributed by atoms with E-state index in [1.165, 1.54) is 0 Å². The maximum absolute atomic E-state index is 12.2. The minimum Gasteiger partial charge on any atom is -0.548 e. The van der Waals surface area contributed by atoms with E-state index in [1.807, 2.05) is 5.32 Å². The molecule has 0 radical (unpaired) electrons. The van der Waals surface area contributed by atoms with Crippen molar-refractivity contribution in [3.05, 3.63) is 23.3 Å². The second-order valence-electron chi connectivity index (χ2n) is 6.21. The maximum atomic E-state index is 12.2. The van der Waals surface area contributed by atoms with Crippen molar-refractivity contribution in [3.8, 4) is 11.5 Å². The molecule has 1 heterocycles. The summed E-state index contributed by atoms with van der Waals surface area (Å²) in [5.41, 5.74) is -0.738. The van der Waals surface area contributed by atoms with Gasteiger partial charge in [-0.25, -0.2) is 0 Å². The van der Waals surface area contributed by atoms with Crippen LogP contribution in [0.2, 0.25) is 0 Å². The standard InChI is InChI=1S/C16H21NO11.Fe/c18-3-7(16(26)27)17-15(25)6-1-5(2-8(20)10(6)21)14-13(24)12(23)11(22)9(4-19)28-14;/h1-2,7,9,11-14,18-24H,3-4H2,(H,17,25)(H,26,27);/p-1/t7-,9+,11+,12-,13+,14-;/m0./s1. The summed E-state index contributed by atoms with van der Waals surface area (Å²) in [5.74, 6) is -4.72. The van der Waals surface area contributed by atoms with Crippen molar-refractivity contribution in [1.29, 1.82) is 0 Å². The number of aliphatic carboxylic acids is 1. The minimum atomic E-state index is -1.79. The van der Waals surface area contributed by atoms with Crippen LogP contribution in [0.3, 0.4) is 0 Å². The van der Waals surface area contributed by atoms with Crippen molar-refractivity contribution in [3.63, 3.8) is 0 Å². The Morgan fingerprint density at radius 1 is 1.10 bits per heavy atom. The molecule has 1 aromatic carbocycles. The summed E-state index contributed by atoms with van der Waals surface area (Å²) >= 11 is 0. The molecule has 0 unspecified atom stereocenters. The fraction of sp³-hybridized carbons (Fsp3) is 0.500. The molecule has 0 aliphatic carbocycles. The number of phenolic OH excluding ortho intramolecular Hbond substituents is 2. The number of ether oxygens (including phenoxy) is 1. The first-order valence-corrected chi connectivity index (χ1v) is 8.11. The van der Waals surface area contributed by atoms with Gasteiger partial charge >= 0.3 is 0 Å². The van der Waals surface area contributed by atoms with E-state index in [0.29, 0.717) is 0 Å². The summed E-state index contributed by atoms with van der Waals surface area (Å²) in [6.07, 6.45) is -7.73. The normalized spacial score (nSPS) is 27.6. The number of carbonyl (C=O) groups excluding carboxylic acids is 2. The Kier molecular flexibility index (Phi) is 8.81. The molecule has 12 nitrogen and oxygen atoms in total. The summed E-state index contributed by atoms with van der Waals surface area (Å²) in [4.78, 5) is 23.0. The van der Waals surface area contributed by atoms with Gasteiger partial charge in [0, 0.05) is 17.1 Å². The Morgan fingerprint density at radius 2 is 1.72 bits per heavy atom. The minimum absolute atomic E-state index is 0. The van der Waals surface area contributed by atoms with E-state index in [-0.39, 0.29) is 22.6 Å². The molecule has 6 atom stereocenters. The van der Waals surface area contributed by atoms with Crippen LogP contribution < -0.4 is 10.4 Å². The smallest absolute Gasteiger partial charge is 0.255 e. The van der Waals surface area contributed by atoms with E-state index in [2.05, 4.69) is 0 Å². The van der Waals surface area contributed by atoms with Gasteiger partial charge in [0.2, 0.25) is 0 Å². The number of hydrogen-bond acceptors (Lipinski definition) is 11. The van der Waals surface area contributed by atoms with Gasteiger partial charge in [0.25, 0.3) is 5.91 Å². The zero-order valence-electron chi connectivity index (χ0n) is 14.7. The van der Waals surface area contributed by atoms with Crippen LogP contribution in [0.1, 0.15) is 22.0 Å². The zero-order valence-corrected chi connectivity index (χ0v) is 15.8. The molecule has 0 spiro atoms. The van der Waals surface area contributed by atoms with Gasteiger partial charge in [-0.3, -0.25) is 4.79 Å². The first kappa shape index (κ1) is 25.1. The molecule has 1 fully saturated rings. The number of carboxylic acid groups (broad SMARTS) is 1. The van der Waals surface area contributed by atoms with Gasteiger partial charge in [0.1, 0.15) is 30.5 Å². The molecule has 0 bridgehead atoms. The molecule has 1 aromatic rings. The number of aromatic hydroxyl groups is 2. The third kappa shape index (κ3) is 5.15. The maximum Gasteiger partial charge on any atom is 0.255 e. The monoisotopic (exact) mass is 458 g/mol. The molecule has 13 heteroatoms. The van der Waals surface area contributed by atoms with Crippen LogP contribution in [0.15, 0.2) is 12.1 Å². The van der Waals surface area contributed by atoms with Gasteiger partial charge in [-0.1, -0.05) is 0 Å². The zero-order chi connectivity index (χ0) is 21.2. The summed E-state index contributed by atoms with van der Waals surface area (Å²) < 4.78 is 5.31. The first-order valence-electron chi connectivity index (χ1n) is 8.11. The second kappa shape index (κ2) is 10.2. The Balaban J connectivity index is 0.00000420. The molecule has 1 aliphatic heterocycles. The molecule has 164 valence electrons. The van der Waals surface area contributed by atoms with Crippen molar-refractivity contribution in [1.82, 2.24) is 5.32 Å². The van der Waals surface area contributed by atoms with E-state index in [4.69, 9.17) is 9.84 Å². The average Bonchev–Trinajstić information content (AvgIpc) is 2.66. The molecule has 2 rings (SSSR count). The molecular formula is C16H20FeNO11-. The van der Waals surface area contributed by atoms with Crippen LogP contribution in [0.25, 0.3) is 0 Å². The Morgan fingerprint density at radius 3 is 2.24 bits per heavy atom. The molecule has 0 aromatic heterocycles. The summed E-state index contributed by atoms with van der Waals surface area (Å²) in [6.45, 7) is -1.70. The van der Waals surface area contributed by atoms with Crippen LogP contribution in [-0.4, -0.2) is 91.3 Å².